The Hall–Kier alpha value is -4.13. The Balaban J connectivity index is 1.59. The summed E-state index contributed by atoms with van der Waals surface area (Å²) < 4.78 is 7.25. The highest BCUT2D eigenvalue weighted by atomic mass is 16.6. The van der Waals surface area contributed by atoms with E-state index in [-0.39, 0.29) is 0 Å². The fraction of sp³-hybridized carbons (Fsp3) is 0.292. The lowest BCUT2D eigenvalue weighted by molar-refractivity contribution is -0.137. The molecule has 0 saturated carbocycles. The second kappa shape index (κ2) is 9.85. The van der Waals surface area contributed by atoms with Gasteiger partial charge in [-0.1, -0.05) is 30.3 Å². The number of nitrogens with zero attached hydrogens (tertiary/aromatic N) is 5. The highest BCUT2D eigenvalue weighted by Crippen LogP contribution is 2.33. The highest BCUT2D eigenvalue weighted by molar-refractivity contribution is 5.85. The maximum absolute atomic E-state index is 12.1. The minimum atomic E-state index is -1.42. The van der Waals surface area contributed by atoms with Gasteiger partial charge in [-0.15, -0.1) is 0 Å². The third-order valence-corrected chi connectivity index (χ3v) is 6.03. The van der Waals surface area contributed by atoms with Crippen LogP contribution in [-0.2, 0) is 16.1 Å². The molecule has 5 rings (SSSR count). The third-order valence-electron chi connectivity index (χ3n) is 6.03. The number of hydrogen-bond donors (Lipinski definition) is 5. The van der Waals surface area contributed by atoms with E-state index in [9.17, 15) is 15.0 Å². The first-order valence-corrected chi connectivity index (χ1v) is 11.4. The fourth-order valence-electron chi connectivity index (χ4n) is 4.08. The van der Waals surface area contributed by atoms with Crippen molar-refractivity contribution in [1.82, 2.24) is 29.8 Å². The third kappa shape index (κ3) is 4.33. The zero-order chi connectivity index (χ0) is 25.2. The van der Waals surface area contributed by atoms with Gasteiger partial charge in [-0.3, -0.25) is 14.3 Å². The Morgan fingerprint density at radius 2 is 1.92 bits per heavy atom. The normalized spacial score (nSPS) is 21.4. The standard InChI is InChI=1S/C24H26N8O4/c1-25-15-8-14(10-27-11-15)20-30-21(28-9-13-6-4-3-5-7-13)16-22(31-20)32(12-29-16)24-18(34)17(33)19(36-24)23(35)26-2/h3-8,10-12,17-19,24-25,33-34H,9H2,1-2H3,(H,26,35)(H,28,30,31)/t17-,18+,19-,24+/m0/s1. The topological polar surface area (TPSA) is 159 Å². The molecule has 12 nitrogen and oxygen atoms in total. The van der Waals surface area contributed by atoms with E-state index in [1.54, 1.807) is 19.4 Å². The molecule has 5 N–H and O–H groups in total. The Morgan fingerprint density at radius 3 is 2.67 bits per heavy atom. The molecule has 36 heavy (non-hydrogen) atoms. The zero-order valence-electron chi connectivity index (χ0n) is 19.7. The molecular weight excluding hydrogens is 464 g/mol. The average molecular weight is 491 g/mol. The summed E-state index contributed by atoms with van der Waals surface area (Å²) in [7, 11) is 3.22. The monoisotopic (exact) mass is 490 g/mol. The predicted molar refractivity (Wildman–Crippen MR) is 132 cm³/mol. The molecule has 12 heteroatoms. The number of fused-ring (bicyclic) bond motifs is 1. The number of rotatable bonds is 7. The number of aliphatic hydroxyl groups is 2. The van der Waals surface area contributed by atoms with Gasteiger partial charge in [0.1, 0.15) is 12.2 Å². The molecule has 1 amide bonds. The van der Waals surface area contributed by atoms with Crippen molar-refractivity contribution >= 4 is 28.6 Å². The van der Waals surface area contributed by atoms with Crippen molar-refractivity contribution in [2.75, 3.05) is 24.7 Å². The molecule has 0 aliphatic carbocycles. The zero-order valence-corrected chi connectivity index (χ0v) is 19.7. The van der Waals surface area contributed by atoms with E-state index < -0.39 is 30.4 Å². The molecule has 3 aromatic heterocycles. The quantitative estimate of drug-likeness (QED) is 0.252. The van der Waals surface area contributed by atoms with E-state index in [0.29, 0.717) is 34.9 Å². The van der Waals surface area contributed by atoms with Gasteiger partial charge in [0, 0.05) is 38.6 Å². The van der Waals surface area contributed by atoms with E-state index in [1.165, 1.54) is 17.9 Å². The minimum Gasteiger partial charge on any atom is -0.387 e. The average Bonchev–Trinajstić information content (AvgIpc) is 3.48. The van der Waals surface area contributed by atoms with Crippen LogP contribution >= 0.6 is 0 Å². The van der Waals surface area contributed by atoms with Crippen LogP contribution in [0.5, 0.6) is 0 Å². The second-order valence-electron chi connectivity index (χ2n) is 8.31. The van der Waals surface area contributed by atoms with Crippen molar-refractivity contribution in [2.24, 2.45) is 0 Å². The van der Waals surface area contributed by atoms with Crippen molar-refractivity contribution in [3.8, 4) is 11.4 Å². The number of likely N-dealkylation sites (N-methyl/N-ethyl adjacent to an activating group) is 1. The van der Waals surface area contributed by atoms with Gasteiger partial charge in [0.2, 0.25) is 0 Å². The molecule has 1 aromatic carbocycles. The van der Waals surface area contributed by atoms with E-state index in [2.05, 4.69) is 25.9 Å². The molecule has 0 unspecified atom stereocenters. The van der Waals surface area contributed by atoms with E-state index in [1.807, 2.05) is 36.4 Å². The molecule has 0 spiro atoms. The molecular formula is C24H26N8O4. The fourth-order valence-corrected chi connectivity index (χ4v) is 4.08. The van der Waals surface area contributed by atoms with Gasteiger partial charge in [0.05, 0.1) is 12.0 Å². The number of hydrogen-bond acceptors (Lipinski definition) is 10. The molecule has 4 heterocycles. The maximum atomic E-state index is 12.1. The minimum absolute atomic E-state index is 0.360. The van der Waals surface area contributed by atoms with Crippen molar-refractivity contribution in [3.05, 3.63) is 60.7 Å². The summed E-state index contributed by atoms with van der Waals surface area (Å²) in [5.41, 5.74) is 3.31. The smallest absolute Gasteiger partial charge is 0.251 e. The van der Waals surface area contributed by atoms with Crippen LogP contribution in [0.25, 0.3) is 22.6 Å². The summed E-state index contributed by atoms with van der Waals surface area (Å²) in [5.74, 6) is 0.313. The van der Waals surface area contributed by atoms with Crippen LogP contribution in [0, 0.1) is 0 Å². The number of pyridine rings is 1. The lowest BCUT2D eigenvalue weighted by Gasteiger charge is -2.17. The van der Waals surface area contributed by atoms with E-state index in [0.717, 1.165) is 11.3 Å². The number of ether oxygens (including phenoxy) is 1. The van der Waals surface area contributed by atoms with E-state index in [4.69, 9.17) is 14.7 Å². The molecule has 0 bridgehead atoms. The summed E-state index contributed by atoms with van der Waals surface area (Å²) in [4.78, 5) is 30.3. The van der Waals surface area contributed by atoms with Gasteiger partial charge in [0.15, 0.2) is 35.1 Å². The van der Waals surface area contributed by atoms with E-state index >= 15 is 0 Å². The first-order chi connectivity index (χ1) is 17.5. The van der Waals surface area contributed by atoms with Gasteiger partial charge >= 0.3 is 0 Å². The number of anilines is 2. The van der Waals surface area contributed by atoms with Crippen LogP contribution in [-0.4, -0.2) is 73.0 Å². The lowest BCUT2D eigenvalue weighted by Crippen LogP contribution is -2.41. The number of benzene rings is 1. The Kier molecular flexibility index (Phi) is 6.46. The molecule has 1 saturated heterocycles. The number of imidazole rings is 1. The Bertz CT molecular complexity index is 1380. The number of carbonyl (C=O) groups excluding carboxylic acids is 1. The van der Waals surface area contributed by atoms with Crippen LogP contribution < -0.4 is 16.0 Å². The van der Waals surface area contributed by atoms with Crippen molar-refractivity contribution in [1.29, 1.82) is 0 Å². The van der Waals surface area contributed by atoms with Crippen molar-refractivity contribution in [2.45, 2.75) is 31.1 Å². The van der Waals surface area contributed by atoms with Gasteiger partial charge < -0.3 is 30.9 Å². The van der Waals surface area contributed by atoms with Gasteiger partial charge in [-0.05, 0) is 11.6 Å². The van der Waals surface area contributed by atoms with Crippen LogP contribution in [0.15, 0.2) is 55.1 Å². The number of aromatic nitrogens is 5. The predicted octanol–water partition coefficient (Wildman–Crippen LogP) is 0.907. The lowest BCUT2D eigenvalue weighted by atomic mass is 10.1. The molecule has 4 atom stereocenters. The van der Waals surface area contributed by atoms with Gasteiger partial charge in [-0.2, -0.15) is 0 Å². The summed E-state index contributed by atoms with van der Waals surface area (Å²) in [6.07, 6.45) is -0.329. The summed E-state index contributed by atoms with van der Waals surface area (Å²) >= 11 is 0. The number of nitrogens with one attached hydrogen (secondary N) is 3. The van der Waals surface area contributed by atoms with Crippen LogP contribution in [0.3, 0.4) is 0 Å². The molecule has 1 aliphatic rings. The summed E-state index contributed by atoms with van der Waals surface area (Å²) in [5, 5.41) is 29.9. The van der Waals surface area contributed by atoms with Gasteiger partial charge in [-0.25, -0.2) is 15.0 Å². The number of aliphatic hydroxyl groups excluding tert-OH is 2. The second-order valence-corrected chi connectivity index (χ2v) is 8.31. The van der Waals surface area contributed by atoms with Crippen molar-refractivity contribution in [3.63, 3.8) is 0 Å². The summed E-state index contributed by atoms with van der Waals surface area (Å²) in [6.45, 7) is 0.494. The first-order valence-electron chi connectivity index (χ1n) is 11.4. The maximum Gasteiger partial charge on any atom is 0.251 e. The molecule has 0 radical (unpaired) electrons. The largest absolute Gasteiger partial charge is 0.387 e. The first kappa shape index (κ1) is 23.6. The molecule has 4 aromatic rings. The SMILES string of the molecule is CNC(=O)[C@H]1O[C@@H](n2cnc3c(NCc4ccccc4)nc(-c4cncc(NC)c4)nc32)[C@H](O)[C@@H]1O. The number of carbonyl (C=O) groups is 1. The summed E-state index contributed by atoms with van der Waals surface area (Å²) in [6, 6.07) is 11.7. The van der Waals surface area contributed by atoms with Crippen LogP contribution in [0.1, 0.15) is 11.8 Å². The highest BCUT2D eigenvalue weighted by Gasteiger charge is 2.47. The Labute approximate surface area is 206 Å². The molecule has 1 fully saturated rings. The molecule has 1 aliphatic heterocycles. The van der Waals surface area contributed by atoms with Crippen LogP contribution in [0.4, 0.5) is 11.5 Å². The number of amides is 1. The van der Waals surface area contributed by atoms with Crippen LogP contribution in [0.2, 0.25) is 0 Å². The Morgan fingerprint density at radius 1 is 1.11 bits per heavy atom. The molecule has 186 valence electrons. The van der Waals surface area contributed by atoms with Crippen molar-refractivity contribution < 1.29 is 19.7 Å². The van der Waals surface area contributed by atoms with Gasteiger partial charge in [0.25, 0.3) is 5.91 Å².